The van der Waals surface area contributed by atoms with Crippen LogP contribution in [0.2, 0.25) is 5.02 Å². The van der Waals surface area contributed by atoms with E-state index in [2.05, 4.69) is 5.32 Å². The van der Waals surface area contributed by atoms with Gasteiger partial charge in [-0.1, -0.05) is 73.0 Å². The molecule has 1 N–H and O–H groups in total. The van der Waals surface area contributed by atoms with Crippen LogP contribution >= 0.6 is 11.6 Å². The third kappa shape index (κ3) is 8.33. The van der Waals surface area contributed by atoms with Crippen molar-refractivity contribution < 1.29 is 18.0 Å². The van der Waals surface area contributed by atoms with Gasteiger partial charge in [0.2, 0.25) is 21.8 Å². The van der Waals surface area contributed by atoms with E-state index in [-0.39, 0.29) is 24.9 Å². The van der Waals surface area contributed by atoms with Crippen molar-refractivity contribution in [1.82, 2.24) is 10.2 Å². The maximum atomic E-state index is 14.2. The number of hydrogen-bond acceptors (Lipinski definition) is 4. The summed E-state index contributed by atoms with van der Waals surface area (Å²) in [6.07, 6.45) is 5.29. The van der Waals surface area contributed by atoms with Crippen LogP contribution in [-0.4, -0.2) is 50.0 Å². The average molecular weight is 596 g/mol. The Kier molecular flexibility index (Phi) is 10.1. The van der Waals surface area contributed by atoms with Crippen LogP contribution in [0.4, 0.5) is 5.69 Å². The summed E-state index contributed by atoms with van der Waals surface area (Å²) in [4.78, 5) is 29.6. The van der Waals surface area contributed by atoms with Gasteiger partial charge in [0.25, 0.3) is 0 Å². The van der Waals surface area contributed by atoms with Crippen molar-refractivity contribution in [3.63, 3.8) is 0 Å². The highest BCUT2D eigenvalue weighted by Crippen LogP contribution is 2.24. The smallest absolute Gasteiger partial charge is 0.244 e. The molecule has 1 atom stereocenters. The van der Waals surface area contributed by atoms with Crippen molar-refractivity contribution in [3.8, 4) is 0 Å². The lowest BCUT2D eigenvalue weighted by molar-refractivity contribution is -0.140. The highest BCUT2D eigenvalue weighted by atomic mass is 35.5. The third-order valence-corrected chi connectivity index (χ3v) is 9.05. The maximum Gasteiger partial charge on any atom is 0.244 e. The summed E-state index contributed by atoms with van der Waals surface area (Å²) >= 11 is 6.27. The van der Waals surface area contributed by atoms with Gasteiger partial charge in [-0.15, -0.1) is 0 Å². The number of nitrogens with zero attached hydrogens (tertiary/aromatic N) is 2. The Bertz CT molecular complexity index is 1470. The second-order valence-corrected chi connectivity index (χ2v) is 13.2. The summed E-state index contributed by atoms with van der Waals surface area (Å²) in [5.41, 5.74) is 3.98. The molecule has 7 nitrogen and oxygen atoms in total. The molecule has 0 unspecified atom stereocenters. The highest BCUT2D eigenvalue weighted by Gasteiger charge is 2.34. The molecule has 4 rings (SSSR count). The Morgan fingerprint density at radius 2 is 1.61 bits per heavy atom. The molecule has 0 bridgehead atoms. The van der Waals surface area contributed by atoms with Gasteiger partial charge in [0.15, 0.2) is 0 Å². The zero-order chi connectivity index (χ0) is 29.6. The fourth-order valence-corrected chi connectivity index (χ4v) is 6.30. The molecule has 9 heteroatoms. The van der Waals surface area contributed by atoms with Crippen LogP contribution in [0.3, 0.4) is 0 Å². The number of anilines is 1. The van der Waals surface area contributed by atoms with Gasteiger partial charge in [0.1, 0.15) is 12.6 Å². The largest absolute Gasteiger partial charge is 0.352 e. The van der Waals surface area contributed by atoms with Crippen LogP contribution < -0.4 is 9.62 Å². The van der Waals surface area contributed by atoms with E-state index in [1.807, 2.05) is 56.3 Å². The number of nitrogens with one attached hydrogen (secondary N) is 1. The first-order valence-electron chi connectivity index (χ1n) is 13.9. The minimum atomic E-state index is -3.82. The lowest BCUT2D eigenvalue weighted by atomic mass is 10.0. The molecular weight excluding hydrogens is 558 g/mol. The standard InChI is InChI=1S/C32H38ClN3O4S/c1-23-16-17-29(18-24(23)2)36(41(3,39)40)22-31(37)35(21-26-12-9-13-27(33)19-26)30(20-25-10-5-4-6-11-25)32(38)34-28-14-7-8-15-28/h4-6,9-13,16-19,28,30H,7-8,14-15,20-22H2,1-3H3,(H,34,38)/t30-/m1/s1. The summed E-state index contributed by atoms with van der Waals surface area (Å²) in [7, 11) is -3.82. The lowest BCUT2D eigenvalue weighted by Crippen LogP contribution is -2.54. The van der Waals surface area contributed by atoms with Gasteiger partial charge in [0, 0.05) is 24.0 Å². The number of carbonyl (C=O) groups is 2. The minimum absolute atomic E-state index is 0.0620. The number of hydrogen-bond donors (Lipinski definition) is 1. The van der Waals surface area contributed by atoms with Crippen LogP contribution in [0.15, 0.2) is 72.8 Å². The maximum absolute atomic E-state index is 14.2. The molecule has 1 saturated carbocycles. The van der Waals surface area contributed by atoms with E-state index in [1.54, 1.807) is 30.3 Å². The molecule has 3 aromatic rings. The van der Waals surface area contributed by atoms with E-state index >= 15 is 0 Å². The van der Waals surface area contributed by atoms with Crippen molar-refractivity contribution in [2.24, 2.45) is 0 Å². The molecule has 41 heavy (non-hydrogen) atoms. The zero-order valence-corrected chi connectivity index (χ0v) is 25.4. The summed E-state index contributed by atoms with van der Waals surface area (Å²) in [5.74, 6) is -0.718. The van der Waals surface area contributed by atoms with Crippen molar-refractivity contribution in [2.75, 3.05) is 17.1 Å². The van der Waals surface area contributed by atoms with Crippen molar-refractivity contribution >= 4 is 39.1 Å². The monoisotopic (exact) mass is 595 g/mol. The molecule has 1 fully saturated rings. The Labute approximate surface area is 248 Å². The van der Waals surface area contributed by atoms with E-state index in [0.717, 1.165) is 58.5 Å². The van der Waals surface area contributed by atoms with E-state index in [4.69, 9.17) is 11.6 Å². The van der Waals surface area contributed by atoms with Gasteiger partial charge >= 0.3 is 0 Å². The molecule has 0 heterocycles. The lowest BCUT2D eigenvalue weighted by Gasteiger charge is -2.34. The topological polar surface area (TPSA) is 86.8 Å². The molecular formula is C32H38ClN3O4S. The number of rotatable bonds is 11. The van der Waals surface area contributed by atoms with E-state index < -0.39 is 28.5 Å². The average Bonchev–Trinajstić information content (AvgIpc) is 3.44. The summed E-state index contributed by atoms with van der Waals surface area (Å²) in [6.45, 7) is 3.50. The quantitative estimate of drug-likeness (QED) is 0.321. The SMILES string of the molecule is Cc1ccc(N(CC(=O)N(Cc2cccc(Cl)c2)[C@H](Cc2ccccc2)C(=O)NC2CCCC2)S(C)(=O)=O)cc1C. The van der Waals surface area contributed by atoms with E-state index in [1.165, 1.54) is 4.90 Å². The van der Waals surface area contributed by atoms with Gasteiger partial charge in [-0.2, -0.15) is 0 Å². The predicted molar refractivity (Wildman–Crippen MR) is 164 cm³/mol. The molecule has 0 saturated heterocycles. The van der Waals surface area contributed by atoms with Crippen molar-refractivity contribution in [2.45, 2.75) is 64.6 Å². The molecule has 1 aliphatic carbocycles. The summed E-state index contributed by atoms with van der Waals surface area (Å²) < 4.78 is 27.1. The van der Waals surface area contributed by atoms with Crippen LogP contribution in [0.1, 0.15) is 47.9 Å². The fraction of sp³-hybridized carbons (Fsp3) is 0.375. The van der Waals surface area contributed by atoms with Crippen LogP contribution in [0.5, 0.6) is 0 Å². The van der Waals surface area contributed by atoms with Crippen LogP contribution in [0, 0.1) is 13.8 Å². The zero-order valence-electron chi connectivity index (χ0n) is 23.8. The first kappa shape index (κ1) is 30.6. The molecule has 1 aliphatic rings. The number of sulfonamides is 1. The van der Waals surface area contributed by atoms with Crippen LogP contribution in [0.25, 0.3) is 0 Å². The number of halogens is 1. The number of aryl methyl sites for hydroxylation is 2. The highest BCUT2D eigenvalue weighted by molar-refractivity contribution is 7.92. The normalized spacial score (nSPS) is 14.4. The Hall–Kier alpha value is -3.36. The van der Waals surface area contributed by atoms with Gasteiger partial charge < -0.3 is 10.2 Å². The van der Waals surface area contributed by atoms with Crippen LogP contribution in [-0.2, 0) is 32.6 Å². The Morgan fingerprint density at radius 3 is 2.24 bits per heavy atom. The van der Waals surface area contributed by atoms with Crippen molar-refractivity contribution in [1.29, 1.82) is 0 Å². The number of benzene rings is 3. The fourth-order valence-electron chi connectivity index (χ4n) is 5.25. The Balaban J connectivity index is 1.73. The summed E-state index contributed by atoms with van der Waals surface area (Å²) in [6, 6.07) is 21.2. The van der Waals surface area contributed by atoms with E-state index in [9.17, 15) is 18.0 Å². The summed E-state index contributed by atoms with van der Waals surface area (Å²) in [5, 5.41) is 3.68. The molecule has 2 amide bonds. The Morgan fingerprint density at radius 1 is 0.927 bits per heavy atom. The van der Waals surface area contributed by atoms with Gasteiger partial charge in [-0.05, 0) is 73.2 Å². The first-order chi connectivity index (χ1) is 19.5. The van der Waals surface area contributed by atoms with E-state index in [0.29, 0.717) is 10.7 Å². The molecule has 0 spiro atoms. The molecule has 3 aromatic carbocycles. The second kappa shape index (κ2) is 13.5. The minimum Gasteiger partial charge on any atom is -0.352 e. The molecule has 0 aromatic heterocycles. The predicted octanol–water partition coefficient (Wildman–Crippen LogP) is 5.42. The second-order valence-electron chi connectivity index (χ2n) is 10.9. The molecule has 0 radical (unpaired) electrons. The van der Waals surface area contributed by atoms with Crippen molar-refractivity contribution in [3.05, 3.63) is 100 Å². The number of amides is 2. The third-order valence-electron chi connectivity index (χ3n) is 7.67. The molecule has 0 aliphatic heterocycles. The molecule has 218 valence electrons. The van der Waals surface area contributed by atoms with Gasteiger partial charge in [-0.3, -0.25) is 13.9 Å². The first-order valence-corrected chi connectivity index (χ1v) is 16.2. The number of carbonyl (C=O) groups excluding carboxylic acids is 2. The van der Waals surface area contributed by atoms with Gasteiger partial charge in [0.05, 0.1) is 11.9 Å². The van der Waals surface area contributed by atoms with Gasteiger partial charge in [-0.25, -0.2) is 8.42 Å².